The Morgan fingerprint density at radius 1 is 1.35 bits per heavy atom. The Labute approximate surface area is 187 Å². The lowest BCUT2D eigenvalue weighted by Crippen LogP contribution is -2.25. The standard InChI is InChI=1S/C20H21N5O4S2/c26-10-9-22-31-15-5-3-13(4-6-15)17(25-29-14-7-11-28-12-14)18(27)24-20-23-16-2-1-8-21-19(16)30-20/h1-6,8,14,22,26H,7,9-12H2,(H,23,24,27)/b25-17+/t14-/m1/s1. The van der Waals surface area contributed by atoms with E-state index in [0.29, 0.717) is 30.5 Å². The summed E-state index contributed by atoms with van der Waals surface area (Å²) < 4.78 is 8.35. The summed E-state index contributed by atoms with van der Waals surface area (Å²) in [5.74, 6) is -0.420. The second-order valence-electron chi connectivity index (χ2n) is 6.58. The third kappa shape index (κ3) is 5.77. The summed E-state index contributed by atoms with van der Waals surface area (Å²) in [5, 5.41) is 16.3. The predicted octanol–water partition coefficient (Wildman–Crippen LogP) is 2.43. The Morgan fingerprint density at radius 2 is 2.23 bits per heavy atom. The van der Waals surface area contributed by atoms with Crippen molar-refractivity contribution in [3.63, 3.8) is 0 Å². The molecule has 3 aromatic rings. The van der Waals surface area contributed by atoms with Gasteiger partial charge in [-0.3, -0.25) is 14.8 Å². The van der Waals surface area contributed by atoms with Crippen molar-refractivity contribution < 1.29 is 19.5 Å². The largest absolute Gasteiger partial charge is 0.395 e. The van der Waals surface area contributed by atoms with E-state index in [0.717, 1.165) is 21.7 Å². The number of nitrogens with one attached hydrogen (secondary N) is 2. The van der Waals surface area contributed by atoms with Crippen molar-refractivity contribution in [1.82, 2.24) is 14.7 Å². The molecule has 3 N–H and O–H groups in total. The van der Waals surface area contributed by atoms with Gasteiger partial charge in [-0.1, -0.05) is 28.6 Å². The zero-order valence-corrected chi connectivity index (χ0v) is 18.1. The lowest BCUT2D eigenvalue weighted by molar-refractivity contribution is -0.110. The van der Waals surface area contributed by atoms with Crippen LogP contribution in [0.15, 0.2) is 52.6 Å². The fourth-order valence-electron chi connectivity index (χ4n) is 2.79. The van der Waals surface area contributed by atoms with Gasteiger partial charge in [-0.15, -0.1) is 0 Å². The van der Waals surface area contributed by atoms with E-state index in [1.807, 2.05) is 18.2 Å². The monoisotopic (exact) mass is 459 g/mol. The van der Waals surface area contributed by atoms with E-state index in [1.54, 1.807) is 24.4 Å². The van der Waals surface area contributed by atoms with Gasteiger partial charge in [-0.2, -0.15) is 0 Å². The predicted molar refractivity (Wildman–Crippen MR) is 120 cm³/mol. The Morgan fingerprint density at radius 3 is 2.97 bits per heavy atom. The van der Waals surface area contributed by atoms with Crippen molar-refractivity contribution in [3.8, 4) is 0 Å². The lowest BCUT2D eigenvalue weighted by atomic mass is 10.1. The van der Waals surface area contributed by atoms with E-state index in [4.69, 9.17) is 14.7 Å². The highest BCUT2D eigenvalue weighted by Crippen LogP contribution is 2.24. The molecule has 31 heavy (non-hydrogen) atoms. The number of fused-ring (bicyclic) bond motifs is 1. The normalized spacial score (nSPS) is 16.5. The zero-order chi connectivity index (χ0) is 21.5. The molecule has 11 heteroatoms. The van der Waals surface area contributed by atoms with Crippen molar-refractivity contribution in [1.29, 1.82) is 0 Å². The van der Waals surface area contributed by atoms with E-state index < -0.39 is 5.91 Å². The number of rotatable bonds is 9. The van der Waals surface area contributed by atoms with Crippen LogP contribution in [0.25, 0.3) is 10.3 Å². The van der Waals surface area contributed by atoms with Gasteiger partial charge in [0.25, 0.3) is 5.91 Å². The van der Waals surface area contributed by atoms with Crippen LogP contribution in [0, 0.1) is 0 Å². The second kappa shape index (κ2) is 10.6. The number of carbonyl (C=O) groups excluding carboxylic acids is 1. The minimum absolute atomic E-state index is 0.0611. The first-order chi connectivity index (χ1) is 15.2. The number of benzene rings is 1. The number of hydrogen-bond donors (Lipinski definition) is 3. The molecule has 0 radical (unpaired) electrons. The maximum absolute atomic E-state index is 13.0. The molecule has 9 nitrogen and oxygen atoms in total. The first-order valence-corrected chi connectivity index (χ1v) is 11.3. The smallest absolute Gasteiger partial charge is 0.280 e. The number of hydrogen-bond acceptors (Lipinski definition) is 10. The summed E-state index contributed by atoms with van der Waals surface area (Å²) >= 11 is 2.69. The van der Waals surface area contributed by atoms with E-state index in [2.05, 4.69) is 25.2 Å². The Hall–Kier alpha value is -2.57. The van der Waals surface area contributed by atoms with E-state index >= 15 is 0 Å². The van der Waals surface area contributed by atoms with Crippen LogP contribution >= 0.6 is 23.3 Å². The molecule has 1 aliphatic rings. The van der Waals surface area contributed by atoms with E-state index in [1.165, 1.54) is 23.3 Å². The molecular formula is C20H21N5O4S2. The SMILES string of the molecule is O=C(Nc1nc2cccnc2s1)/C(=N/O[C@@H]1CCOC1)c1ccc(SNCCO)cc1. The molecule has 1 aliphatic heterocycles. The molecule has 2 aromatic heterocycles. The van der Waals surface area contributed by atoms with Crippen LogP contribution in [0.4, 0.5) is 5.13 Å². The molecule has 4 rings (SSSR count). The highest BCUT2D eigenvalue weighted by atomic mass is 32.2. The number of anilines is 1. The molecule has 0 saturated carbocycles. The Balaban J connectivity index is 1.52. The average Bonchev–Trinajstić information content (AvgIpc) is 3.44. The molecule has 0 spiro atoms. The number of ether oxygens (including phenoxy) is 1. The van der Waals surface area contributed by atoms with E-state index in [9.17, 15) is 4.79 Å². The zero-order valence-electron chi connectivity index (χ0n) is 16.5. The van der Waals surface area contributed by atoms with Gasteiger partial charge in [-0.05, 0) is 36.2 Å². The molecule has 162 valence electrons. The van der Waals surface area contributed by atoms with Crippen LogP contribution in [-0.4, -0.2) is 59.2 Å². The molecule has 0 unspecified atom stereocenters. The van der Waals surface area contributed by atoms with Crippen molar-refractivity contribution in [3.05, 3.63) is 48.2 Å². The number of carbonyl (C=O) groups is 1. The number of amides is 1. The molecular weight excluding hydrogens is 438 g/mol. The summed E-state index contributed by atoms with van der Waals surface area (Å²) in [6.45, 7) is 1.61. The quantitative estimate of drug-likeness (QED) is 0.193. The van der Waals surface area contributed by atoms with Crippen LogP contribution < -0.4 is 10.0 Å². The first kappa shape index (κ1) is 21.7. The summed E-state index contributed by atoms with van der Waals surface area (Å²) in [5.41, 5.74) is 1.48. The summed E-state index contributed by atoms with van der Waals surface area (Å²) in [4.78, 5) is 29.0. The van der Waals surface area contributed by atoms with Crippen LogP contribution in [-0.2, 0) is 14.4 Å². The number of aliphatic hydroxyl groups is 1. The Bertz CT molecular complexity index is 1020. The van der Waals surface area contributed by atoms with Crippen molar-refractivity contribution in [2.24, 2.45) is 5.16 Å². The molecule has 0 aliphatic carbocycles. The fraction of sp³-hybridized carbons (Fsp3) is 0.300. The molecule has 1 saturated heterocycles. The highest BCUT2D eigenvalue weighted by molar-refractivity contribution is 7.97. The third-order valence-electron chi connectivity index (χ3n) is 4.31. The maximum Gasteiger partial charge on any atom is 0.280 e. The minimum atomic E-state index is -0.420. The van der Waals surface area contributed by atoms with Crippen LogP contribution in [0.5, 0.6) is 0 Å². The third-order valence-corrected chi connectivity index (χ3v) is 6.07. The van der Waals surface area contributed by atoms with Crippen molar-refractivity contribution in [2.75, 3.05) is 31.7 Å². The van der Waals surface area contributed by atoms with E-state index in [-0.39, 0.29) is 18.4 Å². The second-order valence-corrected chi connectivity index (χ2v) is 8.52. The summed E-state index contributed by atoms with van der Waals surface area (Å²) in [7, 11) is 0. The van der Waals surface area contributed by atoms with Gasteiger partial charge in [-0.25, -0.2) is 9.97 Å². The van der Waals surface area contributed by atoms with Crippen LogP contribution in [0.2, 0.25) is 0 Å². The molecule has 1 amide bonds. The number of thiazole rings is 1. The molecule has 1 atom stereocenters. The lowest BCUT2D eigenvalue weighted by Gasteiger charge is -2.10. The molecule has 1 aromatic carbocycles. The van der Waals surface area contributed by atoms with Gasteiger partial charge in [0, 0.05) is 29.6 Å². The number of oxime groups is 1. The van der Waals surface area contributed by atoms with Crippen LogP contribution in [0.3, 0.4) is 0 Å². The van der Waals surface area contributed by atoms with Crippen LogP contribution in [0.1, 0.15) is 12.0 Å². The Kier molecular flexibility index (Phi) is 7.43. The number of pyridine rings is 1. The van der Waals surface area contributed by atoms with Gasteiger partial charge in [0.2, 0.25) is 0 Å². The highest BCUT2D eigenvalue weighted by Gasteiger charge is 2.21. The van der Waals surface area contributed by atoms with Gasteiger partial charge in [0.15, 0.2) is 16.9 Å². The molecule has 0 bridgehead atoms. The van der Waals surface area contributed by atoms with Gasteiger partial charge >= 0.3 is 0 Å². The van der Waals surface area contributed by atoms with Crippen molar-refractivity contribution in [2.45, 2.75) is 17.4 Å². The van der Waals surface area contributed by atoms with Gasteiger partial charge < -0.3 is 14.7 Å². The van der Waals surface area contributed by atoms with Gasteiger partial charge in [0.05, 0.1) is 19.8 Å². The summed E-state index contributed by atoms with van der Waals surface area (Å²) in [6.07, 6.45) is 2.24. The average molecular weight is 460 g/mol. The molecule has 3 heterocycles. The fourth-order valence-corrected chi connectivity index (χ4v) is 4.22. The first-order valence-electron chi connectivity index (χ1n) is 9.68. The number of aliphatic hydroxyl groups excluding tert-OH is 1. The number of nitrogens with zero attached hydrogens (tertiary/aromatic N) is 3. The van der Waals surface area contributed by atoms with Gasteiger partial charge in [0.1, 0.15) is 10.3 Å². The minimum Gasteiger partial charge on any atom is -0.395 e. The molecule has 1 fully saturated rings. The van der Waals surface area contributed by atoms with Crippen molar-refractivity contribution >= 4 is 50.4 Å². The topological polar surface area (TPSA) is 118 Å². The summed E-state index contributed by atoms with van der Waals surface area (Å²) in [6, 6.07) is 11.0. The maximum atomic E-state index is 13.0. The number of aromatic nitrogens is 2.